The van der Waals surface area contributed by atoms with Crippen LogP contribution in [0.4, 0.5) is 0 Å². The number of hydrogen-bond donors (Lipinski definition) is 1. The van der Waals surface area contributed by atoms with Crippen LogP contribution in [0.3, 0.4) is 0 Å². The molecule has 1 unspecified atom stereocenters. The summed E-state index contributed by atoms with van der Waals surface area (Å²) in [4.78, 5) is 1.35. The van der Waals surface area contributed by atoms with Gasteiger partial charge in [0.1, 0.15) is 17.8 Å². The molecule has 0 aliphatic carbocycles. The quantitative estimate of drug-likeness (QED) is 0.643. The van der Waals surface area contributed by atoms with Crippen LogP contribution in [-0.4, -0.2) is 11.4 Å². The molecule has 0 aliphatic rings. The summed E-state index contributed by atoms with van der Waals surface area (Å²) in [6.45, 7) is 2.15. The fourth-order valence-electron chi connectivity index (χ4n) is 2.96. The van der Waals surface area contributed by atoms with Gasteiger partial charge in [-0.15, -0.1) is 0 Å². The molecular formula is C22H23OS+. The van der Waals surface area contributed by atoms with Gasteiger partial charge in [-0.05, 0) is 36.2 Å². The summed E-state index contributed by atoms with van der Waals surface area (Å²) < 4.78 is 0. The SMILES string of the molecule is Cc1ccccc1Cc1cc(O)ccc1[S+](C)Cc1ccccc1. The van der Waals surface area contributed by atoms with Crippen LogP contribution < -0.4 is 0 Å². The lowest BCUT2D eigenvalue weighted by Crippen LogP contribution is -2.08. The zero-order valence-corrected chi connectivity index (χ0v) is 15.0. The van der Waals surface area contributed by atoms with E-state index in [1.165, 1.54) is 27.1 Å². The summed E-state index contributed by atoms with van der Waals surface area (Å²) in [5.41, 5.74) is 5.20. The predicted octanol–water partition coefficient (Wildman–Crippen LogP) is 5.10. The van der Waals surface area contributed by atoms with Crippen LogP contribution in [0.5, 0.6) is 5.75 Å². The normalized spacial score (nSPS) is 12.1. The molecule has 0 spiro atoms. The van der Waals surface area contributed by atoms with Crippen LogP contribution in [0.1, 0.15) is 22.3 Å². The minimum absolute atomic E-state index is 0.104. The topological polar surface area (TPSA) is 20.2 Å². The van der Waals surface area contributed by atoms with Gasteiger partial charge in [-0.3, -0.25) is 0 Å². The van der Waals surface area contributed by atoms with Crippen LogP contribution >= 0.6 is 0 Å². The molecule has 3 aromatic rings. The first-order valence-electron chi connectivity index (χ1n) is 8.16. The Labute approximate surface area is 147 Å². The molecule has 0 fully saturated rings. The Morgan fingerprint density at radius 1 is 0.833 bits per heavy atom. The van der Waals surface area contributed by atoms with E-state index in [4.69, 9.17) is 0 Å². The standard InChI is InChI=1S/C22H22OS/c1-17-8-6-7-11-19(17)14-20-15-21(23)12-13-22(20)24(2)16-18-9-4-3-5-10-18/h3-13,15H,14,16H2,1-2H3/p+1. The summed E-state index contributed by atoms with van der Waals surface area (Å²) in [6.07, 6.45) is 3.16. The second-order valence-corrected chi connectivity index (χ2v) is 8.17. The fourth-order valence-corrected chi connectivity index (χ4v) is 4.69. The zero-order valence-electron chi connectivity index (χ0n) is 14.2. The molecule has 3 rings (SSSR count). The van der Waals surface area contributed by atoms with Crippen molar-refractivity contribution in [2.75, 3.05) is 6.26 Å². The minimum Gasteiger partial charge on any atom is -0.508 e. The second-order valence-electron chi connectivity index (χ2n) is 6.16. The van der Waals surface area contributed by atoms with Crippen molar-refractivity contribution < 1.29 is 5.11 Å². The van der Waals surface area contributed by atoms with Crippen molar-refractivity contribution in [1.29, 1.82) is 0 Å². The van der Waals surface area contributed by atoms with Gasteiger partial charge in [0.15, 0.2) is 4.90 Å². The lowest BCUT2D eigenvalue weighted by molar-refractivity contribution is 0.474. The molecule has 1 nitrogen and oxygen atoms in total. The Morgan fingerprint density at radius 3 is 2.29 bits per heavy atom. The van der Waals surface area contributed by atoms with Crippen LogP contribution in [0.2, 0.25) is 0 Å². The third kappa shape index (κ3) is 4.01. The third-order valence-electron chi connectivity index (χ3n) is 4.29. The number of benzene rings is 3. The number of hydrogen-bond acceptors (Lipinski definition) is 1. The second kappa shape index (κ2) is 7.59. The van der Waals surface area contributed by atoms with Gasteiger partial charge >= 0.3 is 0 Å². The van der Waals surface area contributed by atoms with Gasteiger partial charge < -0.3 is 5.11 Å². The summed E-state index contributed by atoms with van der Waals surface area (Å²) in [5, 5.41) is 9.96. The van der Waals surface area contributed by atoms with E-state index in [9.17, 15) is 5.11 Å². The lowest BCUT2D eigenvalue weighted by atomic mass is 10.0. The zero-order chi connectivity index (χ0) is 16.9. The van der Waals surface area contributed by atoms with Crippen molar-refractivity contribution in [2.45, 2.75) is 24.0 Å². The summed E-state index contributed by atoms with van der Waals surface area (Å²) >= 11 is 0. The van der Waals surface area contributed by atoms with Crippen molar-refractivity contribution in [2.24, 2.45) is 0 Å². The maximum atomic E-state index is 9.96. The Balaban J connectivity index is 1.89. The molecule has 0 saturated carbocycles. The number of aromatic hydroxyl groups is 1. The average molecular weight is 335 g/mol. The van der Waals surface area contributed by atoms with Crippen LogP contribution in [0, 0.1) is 6.92 Å². The Morgan fingerprint density at radius 2 is 1.54 bits per heavy atom. The van der Waals surface area contributed by atoms with E-state index in [1.54, 1.807) is 0 Å². The smallest absolute Gasteiger partial charge is 0.158 e. The average Bonchev–Trinajstić information content (AvgIpc) is 2.58. The van der Waals surface area contributed by atoms with Crippen LogP contribution in [0.25, 0.3) is 0 Å². The Kier molecular flexibility index (Phi) is 5.27. The largest absolute Gasteiger partial charge is 0.508 e. The molecule has 2 heteroatoms. The molecule has 122 valence electrons. The van der Waals surface area contributed by atoms with Crippen molar-refractivity contribution in [1.82, 2.24) is 0 Å². The van der Waals surface area contributed by atoms with Crippen LogP contribution in [-0.2, 0) is 23.1 Å². The van der Waals surface area contributed by atoms with E-state index in [0.29, 0.717) is 5.75 Å². The van der Waals surface area contributed by atoms with E-state index < -0.39 is 0 Å². The Hall–Kier alpha value is -2.19. The maximum Gasteiger partial charge on any atom is 0.158 e. The molecule has 0 heterocycles. The monoisotopic (exact) mass is 335 g/mol. The predicted molar refractivity (Wildman–Crippen MR) is 104 cm³/mol. The molecule has 1 atom stereocenters. The van der Waals surface area contributed by atoms with Gasteiger partial charge in [-0.2, -0.15) is 0 Å². The van der Waals surface area contributed by atoms with Gasteiger partial charge in [0.2, 0.25) is 0 Å². The van der Waals surface area contributed by atoms with Crippen molar-refractivity contribution in [3.05, 3.63) is 95.1 Å². The highest BCUT2D eigenvalue weighted by Gasteiger charge is 2.21. The molecule has 0 aliphatic heterocycles. The molecule has 0 bridgehead atoms. The van der Waals surface area contributed by atoms with E-state index in [1.807, 2.05) is 12.1 Å². The number of phenolic OH excluding ortho intramolecular Hbond substituents is 1. The van der Waals surface area contributed by atoms with E-state index >= 15 is 0 Å². The highest BCUT2D eigenvalue weighted by atomic mass is 32.2. The van der Waals surface area contributed by atoms with Crippen molar-refractivity contribution in [3.63, 3.8) is 0 Å². The molecule has 0 saturated heterocycles. The molecule has 0 aromatic heterocycles. The van der Waals surface area contributed by atoms with E-state index in [2.05, 4.69) is 73.8 Å². The minimum atomic E-state index is 0.104. The van der Waals surface area contributed by atoms with Gasteiger partial charge in [0.25, 0.3) is 0 Å². The summed E-state index contributed by atoms with van der Waals surface area (Å²) in [6, 6.07) is 24.9. The van der Waals surface area contributed by atoms with E-state index in [-0.39, 0.29) is 10.9 Å². The summed E-state index contributed by atoms with van der Waals surface area (Å²) in [7, 11) is 0.104. The molecule has 0 radical (unpaired) electrons. The summed E-state index contributed by atoms with van der Waals surface area (Å²) in [5.74, 6) is 1.38. The van der Waals surface area contributed by atoms with Crippen molar-refractivity contribution >= 4 is 10.9 Å². The third-order valence-corrected chi connectivity index (χ3v) is 6.20. The number of rotatable bonds is 5. The maximum absolute atomic E-state index is 9.96. The van der Waals surface area contributed by atoms with Gasteiger partial charge in [0, 0.05) is 28.4 Å². The molecule has 1 N–H and O–H groups in total. The first kappa shape index (κ1) is 16.7. The lowest BCUT2D eigenvalue weighted by Gasteiger charge is -2.11. The highest BCUT2D eigenvalue weighted by Crippen LogP contribution is 2.27. The highest BCUT2D eigenvalue weighted by molar-refractivity contribution is 7.95. The first-order valence-corrected chi connectivity index (χ1v) is 9.96. The number of phenols is 1. The first-order chi connectivity index (χ1) is 11.6. The molecule has 3 aromatic carbocycles. The van der Waals surface area contributed by atoms with E-state index in [0.717, 1.165) is 12.2 Å². The van der Waals surface area contributed by atoms with Gasteiger partial charge in [-0.25, -0.2) is 0 Å². The molecular weight excluding hydrogens is 312 g/mol. The number of aryl methyl sites for hydroxylation is 1. The Bertz CT molecular complexity index is 811. The van der Waals surface area contributed by atoms with Gasteiger partial charge in [0.05, 0.1) is 0 Å². The molecule has 24 heavy (non-hydrogen) atoms. The van der Waals surface area contributed by atoms with Crippen molar-refractivity contribution in [3.8, 4) is 5.75 Å². The van der Waals surface area contributed by atoms with Crippen LogP contribution in [0.15, 0.2) is 77.7 Å². The fraction of sp³-hybridized carbons (Fsp3) is 0.182. The molecule has 0 amide bonds. The van der Waals surface area contributed by atoms with Gasteiger partial charge in [-0.1, -0.05) is 54.6 Å².